The summed E-state index contributed by atoms with van der Waals surface area (Å²) in [4.78, 5) is 0. The number of hydrogen-bond donors (Lipinski definition) is 1. The minimum Gasteiger partial charge on any atom is -0.308 e. The Labute approximate surface area is 89.7 Å². The van der Waals surface area contributed by atoms with E-state index in [2.05, 4.69) is 35.6 Å². The van der Waals surface area contributed by atoms with Crippen LogP contribution < -0.4 is 5.32 Å². The molecule has 1 aliphatic rings. The maximum absolute atomic E-state index is 3.51. The molecule has 1 fully saturated rings. The Kier molecular flexibility index (Phi) is 4.64. The van der Waals surface area contributed by atoms with Crippen molar-refractivity contribution in [3.63, 3.8) is 0 Å². The fraction of sp³-hybridized carbons (Fsp3) is 0.400. The van der Waals surface area contributed by atoms with E-state index in [0.29, 0.717) is 6.04 Å². The second kappa shape index (κ2) is 5.53. The zero-order chi connectivity index (χ0) is 8.23. The summed E-state index contributed by atoms with van der Waals surface area (Å²) >= 11 is 2.04. The van der Waals surface area contributed by atoms with Crippen molar-refractivity contribution in [1.82, 2.24) is 5.32 Å². The lowest BCUT2D eigenvalue weighted by Crippen LogP contribution is -2.30. The highest BCUT2D eigenvalue weighted by molar-refractivity contribution is 7.99. The molecular weight excluding hydrogens is 202 g/mol. The zero-order valence-electron chi connectivity index (χ0n) is 7.40. The smallest absolute Gasteiger partial charge is 0.0412 e. The van der Waals surface area contributed by atoms with Crippen LogP contribution in [0.3, 0.4) is 0 Å². The SMILES string of the molecule is Cl.c1ccc(C2CSCCN2)cc1. The van der Waals surface area contributed by atoms with E-state index in [0.717, 1.165) is 6.54 Å². The summed E-state index contributed by atoms with van der Waals surface area (Å²) < 4.78 is 0. The summed E-state index contributed by atoms with van der Waals surface area (Å²) in [6, 6.07) is 11.3. The fourth-order valence-corrected chi connectivity index (χ4v) is 2.44. The average Bonchev–Trinajstić information content (AvgIpc) is 2.21. The maximum Gasteiger partial charge on any atom is 0.0412 e. The van der Waals surface area contributed by atoms with E-state index in [4.69, 9.17) is 0 Å². The van der Waals surface area contributed by atoms with Gasteiger partial charge >= 0.3 is 0 Å². The van der Waals surface area contributed by atoms with Crippen LogP contribution >= 0.6 is 24.2 Å². The third-order valence-corrected chi connectivity index (χ3v) is 3.19. The van der Waals surface area contributed by atoms with Gasteiger partial charge in [-0.05, 0) is 5.56 Å². The lowest BCUT2D eigenvalue weighted by atomic mass is 10.1. The molecular formula is C10H14ClNS. The standard InChI is InChI=1S/C10H13NS.ClH/c1-2-4-9(5-3-1)10-8-12-7-6-11-10;/h1-5,10-11H,6-8H2;1H. The highest BCUT2D eigenvalue weighted by Gasteiger charge is 2.13. The summed E-state index contributed by atoms with van der Waals surface area (Å²) in [5, 5.41) is 3.51. The number of rotatable bonds is 1. The van der Waals surface area contributed by atoms with Gasteiger partial charge in [0.2, 0.25) is 0 Å². The van der Waals surface area contributed by atoms with Crippen molar-refractivity contribution in [2.24, 2.45) is 0 Å². The van der Waals surface area contributed by atoms with Gasteiger partial charge in [0.05, 0.1) is 0 Å². The third kappa shape index (κ3) is 2.90. The van der Waals surface area contributed by atoms with Crippen LogP contribution in [0.2, 0.25) is 0 Å². The summed E-state index contributed by atoms with van der Waals surface area (Å²) in [6.07, 6.45) is 0. The van der Waals surface area contributed by atoms with Crippen molar-refractivity contribution in [2.75, 3.05) is 18.1 Å². The van der Waals surface area contributed by atoms with Gasteiger partial charge in [-0.3, -0.25) is 0 Å². The summed E-state index contributed by atoms with van der Waals surface area (Å²) in [5.74, 6) is 2.47. The van der Waals surface area contributed by atoms with Crippen LogP contribution in [0.15, 0.2) is 30.3 Å². The van der Waals surface area contributed by atoms with Crippen LogP contribution in [0.25, 0.3) is 0 Å². The molecule has 13 heavy (non-hydrogen) atoms. The Bertz CT molecular complexity index is 234. The molecule has 1 nitrogen and oxygen atoms in total. The van der Waals surface area contributed by atoms with Gasteiger partial charge in [-0.1, -0.05) is 30.3 Å². The van der Waals surface area contributed by atoms with E-state index in [1.165, 1.54) is 17.1 Å². The number of benzene rings is 1. The molecule has 0 aliphatic carbocycles. The summed E-state index contributed by atoms with van der Waals surface area (Å²) in [5.41, 5.74) is 1.42. The minimum atomic E-state index is 0. The number of hydrogen-bond acceptors (Lipinski definition) is 2. The molecule has 0 aromatic heterocycles. The van der Waals surface area contributed by atoms with Crippen molar-refractivity contribution in [3.05, 3.63) is 35.9 Å². The van der Waals surface area contributed by atoms with Crippen molar-refractivity contribution in [2.45, 2.75) is 6.04 Å². The molecule has 72 valence electrons. The van der Waals surface area contributed by atoms with Gasteiger partial charge in [0, 0.05) is 24.1 Å². The molecule has 0 amide bonds. The number of thioether (sulfide) groups is 1. The predicted molar refractivity (Wildman–Crippen MR) is 61.8 cm³/mol. The molecule has 1 heterocycles. The first-order chi connectivity index (χ1) is 5.97. The van der Waals surface area contributed by atoms with Gasteiger partial charge in [-0.25, -0.2) is 0 Å². The van der Waals surface area contributed by atoms with Gasteiger partial charge in [0.25, 0.3) is 0 Å². The van der Waals surface area contributed by atoms with Gasteiger partial charge in [0.15, 0.2) is 0 Å². The Morgan fingerprint density at radius 3 is 2.62 bits per heavy atom. The van der Waals surface area contributed by atoms with Crippen LogP contribution in [0.1, 0.15) is 11.6 Å². The Hall–Kier alpha value is -0.180. The molecule has 1 aliphatic heterocycles. The minimum absolute atomic E-state index is 0. The first-order valence-corrected chi connectivity index (χ1v) is 5.48. The lowest BCUT2D eigenvalue weighted by Gasteiger charge is -2.23. The Morgan fingerprint density at radius 1 is 1.23 bits per heavy atom. The van der Waals surface area contributed by atoms with Gasteiger partial charge in [-0.15, -0.1) is 12.4 Å². The highest BCUT2D eigenvalue weighted by atomic mass is 35.5. The second-order valence-electron chi connectivity index (χ2n) is 2.99. The van der Waals surface area contributed by atoms with Crippen molar-refractivity contribution in [3.8, 4) is 0 Å². The van der Waals surface area contributed by atoms with Crippen LogP contribution in [-0.4, -0.2) is 18.1 Å². The molecule has 3 heteroatoms. The first-order valence-electron chi connectivity index (χ1n) is 4.33. The number of nitrogens with one attached hydrogen (secondary N) is 1. The highest BCUT2D eigenvalue weighted by Crippen LogP contribution is 2.20. The summed E-state index contributed by atoms with van der Waals surface area (Å²) in [6.45, 7) is 1.14. The van der Waals surface area contributed by atoms with Crippen LogP contribution in [-0.2, 0) is 0 Å². The van der Waals surface area contributed by atoms with Gasteiger partial charge in [0.1, 0.15) is 0 Å². The molecule has 1 aromatic rings. The van der Waals surface area contributed by atoms with E-state index in [-0.39, 0.29) is 12.4 Å². The second-order valence-corrected chi connectivity index (χ2v) is 4.14. The lowest BCUT2D eigenvalue weighted by molar-refractivity contribution is 0.595. The average molecular weight is 216 g/mol. The fourth-order valence-electron chi connectivity index (χ4n) is 1.46. The molecule has 0 radical (unpaired) electrons. The molecule has 0 saturated carbocycles. The normalized spacial score (nSPS) is 22.0. The van der Waals surface area contributed by atoms with Gasteiger partial charge < -0.3 is 5.32 Å². The van der Waals surface area contributed by atoms with E-state index in [1.807, 2.05) is 11.8 Å². The molecule has 0 bridgehead atoms. The maximum atomic E-state index is 3.51. The van der Waals surface area contributed by atoms with E-state index in [1.54, 1.807) is 0 Å². The van der Waals surface area contributed by atoms with E-state index in [9.17, 15) is 0 Å². The topological polar surface area (TPSA) is 12.0 Å². The molecule has 1 saturated heterocycles. The van der Waals surface area contributed by atoms with Crippen molar-refractivity contribution < 1.29 is 0 Å². The van der Waals surface area contributed by atoms with Crippen LogP contribution in [0, 0.1) is 0 Å². The van der Waals surface area contributed by atoms with E-state index < -0.39 is 0 Å². The predicted octanol–water partition coefficient (Wildman–Crippen LogP) is 2.49. The summed E-state index contributed by atoms with van der Waals surface area (Å²) in [7, 11) is 0. The first kappa shape index (κ1) is 10.9. The Morgan fingerprint density at radius 2 is 2.00 bits per heavy atom. The molecule has 0 spiro atoms. The molecule has 1 aromatic carbocycles. The quantitative estimate of drug-likeness (QED) is 0.773. The van der Waals surface area contributed by atoms with Crippen LogP contribution in [0.5, 0.6) is 0 Å². The van der Waals surface area contributed by atoms with Crippen LogP contribution in [0.4, 0.5) is 0 Å². The molecule has 2 rings (SSSR count). The molecule has 1 unspecified atom stereocenters. The number of halogens is 1. The van der Waals surface area contributed by atoms with Crippen molar-refractivity contribution in [1.29, 1.82) is 0 Å². The Balaban J connectivity index is 0.000000845. The monoisotopic (exact) mass is 215 g/mol. The van der Waals surface area contributed by atoms with E-state index >= 15 is 0 Å². The zero-order valence-corrected chi connectivity index (χ0v) is 9.03. The largest absolute Gasteiger partial charge is 0.308 e. The molecule has 1 N–H and O–H groups in total. The van der Waals surface area contributed by atoms with Gasteiger partial charge in [-0.2, -0.15) is 11.8 Å². The third-order valence-electron chi connectivity index (χ3n) is 2.12. The van der Waals surface area contributed by atoms with Crippen molar-refractivity contribution >= 4 is 24.2 Å². The molecule has 1 atom stereocenters.